The van der Waals surface area contributed by atoms with Gasteiger partial charge in [-0.1, -0.05) is 6.07 Å². The summed E-state index contributed by atoms with van der Waals surface area (Å²) in [7, 11) is 0. The predicted octanol–water partition coefficient (Wildman–Crippen LogP) is 3.56. The number of benzene rings is 1. The Balaban J connectivity index is 2.77. The molecule has 0 heterocycles. The highest BCUT2D eigenvalue weighted by molar-refractivity contribution is 5.96. The van der Waals surface area contributed by atoms with Gasteiger partial charge in [-0.3, -0.25) is 10.1 Å². The van der Waals surface area contributed by atoms with Gasteiger partial charge < -0.3 is 10.1 Å². The van der Waals surface area contributed by atoms with Gasteiger partial charge in [0.1, 0.15) is 5.60 Å². The van der Waals surface area contributed by atoms with Crippen LogP contribution in [-0.2, 0) is 4.74 Å². The Bertz CT molecular complexity index is 525. The Morgan fingerprint density at radius 3 is 2.19 bits per heavy atom. The second-order valence-electron chi connectivity index (χ2n) is 6.91. The number of ether oxygens (including phenoxy) is 1. The number of carbonyl (C=O) groups is 2. The maximum absolute atomic E-state index is 12.1. The van der Waals surface area contributed by atoms with Gasteiger partial charge in [-0.25, -0.2) is 4.79 Å². The van der Waals surface area contributed by atoms with Gasteiger partial charge >= 0.3 is 6.09 Å². The van der Waals surface area contributed by atoms with E-state index in [0.717, 1.165) is 0 Å². The highest BCUT2D eigenvalue weighted by Crippen LogP contribution is 2.14. The van der Waals surface area contributed by atoms with E-state index < -0.39 is 11.7 Å². The summed E-state index contributed by atoms with van der Waals surface area (Å²) in [5.41, 5.74) is 0.126. The van der Waals surface area contributed by atoms with Crippen LogP contribution in [-0.4, -0.2) is 23.1 Å². The molecule has 0 saturated carbocycles. The molecule has 5 heteroatoms. The molecule has 0 aliphatic heterocycles. The van der Waals surface area contributed by atoms with E-state index in [4.69, 9.17) is 4.74 Å². The monoisotopic (exact) mass is 292 g/mol. The molecule has 0 radical (unpaired) electrons. The molecular formula is C16H24N2O3. The molecule has 0 unspecified atom stereocenters. The summed E-state index contributed by atoms with van der Waals surface area (Å²) in [5, 5.41) is 5.49. The third-order valence-corrected chi connectivity index (χ3v) is 2.26. The minimum Gasteiger partial charge on any atom is -0.444 e. The Hall–Kier alpha value is -2.04. The lowest BCUT2D eigenvalue weighted by Crippen LogP contribution is -2.40. The Morgan fingerprint density at radius 1 is 1.05 bits per heavy atom. The fourth-order valence-corrected chi connectivity index (χ4v) is 1.57. The zero-order valence-electron chi connectivity index (χ0n) is 13.5. The van der Waals surface area contributed by atoms with Gasteiger partial charge in [-0.05, 0) is 59.7 Å². The average molecular weight is 292 g/mol. The Kier molecular flexibility index (Phi) is 4.99. The maximum atomic E-state index is 12.1. The van der Waals surface area contributed by atoms with E-state index in [9.17, 15) is 9.59 Å². The largest absolute Gasteiger partial charge is 0.444 e. The van der Waals surface area contributed by atoms with E-state index in [-0.39, 0.29) is 11.4 Å². The molecule has 1 rings (SSSR count). The molecular weight excluding hydrogens is 268 g/mol. The van der Waals surface area contributed by atoms with E-state index in [1.807, 2.05) is 20.8 Å². The van der Waals surface area contributed by atoms with Crippen LogP contribution >= 0.6 is 0 Å². The third-order valence-electron chi connectivity index (χ3n) is 2.26. The molecule has 116 valence electrons. The van der Waals surface area contributed by atoms with Crippen LogP contribution in [0.25, 0.3) is 0 Å². The fourth-order valence-electron chi connectivity index (χ4n) is 1.57. The quantitative estimate of drug-likeness (QED) is 0.875. The van der Waals surface area contributed by atoms with Crippen molar-refractivity contribution in [2.75, 3.05) is 5.32 Å². The highest BCUT2D eigenvalue weighted by atomic mass is 16.6. The van der Waals surface area contributed by atoms with Crippen molar-refractivity contribution in [3.8, 4) is 0 Å². The second kappa shape index (κ2) is 6.16. The molecule has 1 aromatic carbocycles. The maximum Gasteiger partial charge on any atom is 0.412 e. The fraction of sp³-hybridized carbons (Fsp3) is 0.500. The smallest absolute Gasteiger partial charge is 0.412 e. The number of amides is 2. The summed E-state index contributed by atoms with van der Waals surface area (Å²) in [6.45, 7) is 11.1. The Morgan fingerprint density at radius 2 is 1.67 bits per heavy atom. The summed E-state index contributed by atoms with van der Waals surface area (Å²) in [4.78, 5) is 23.8. The SMILES string of the molecule is CC(C)(C)NC(=O)c1cccc(NC(=O)OC(C)(C)C)c1. The van der Waals surface area contributed by atoms with E-state index in [1.165, 1.54) is 0 Å². The topological polar surface area (TPSA) is 67.4 Å². The van der Waals surface area contributed by atoms with E-state index in [2.05, 4.69) is 10.6 Å². The zero-order chi connectivity index (χ0) is 16.3. The van der Waals surface area contributed by atoms with Crippen LogP contribution in [0.1, 0.15) is 51.9 Å². The summed E-state index contributed by atoms with van der Waals surface area (Å²) in [6, 6.07) is 6.73. The van der Waals surface area contributed by atoms with Gasteiger partial charge in [0.2, 0.25) is 0 Å². The average Bonchev–Trinajstić information content (AvgIpc) is 2.24. The third kappa shape index (κ3) is 6.79. The molecule has 0 bridgehead atoms. The molecule has 2 N–H and O–H groups in total. The van der Waals surface area contributed by atoms with Crippen molar-refractivity contribution in [1.82, 2.24) is 5.32 Å². The van der Waals surface area contributed by atoms with Gasteiger partial charge in [0.25, 0.3) is 5.91 Å². The molecule has 0 aliphatic rings. The van der Waals surface area contributed by atoms with Gasteiger partial charge in [0.15, 0.2) is 0 Å². The first kappa shape index (κ1) is 17.0. The van der Waals surface area contributed by atoms with E-state index in [1.54, 1.807) is 45.0 Å². The van der Waals surface area contributed by atoms with Crippen LogP contribution in [0.15, 0.2) is 24.3 Å². The van der Waals surface area contributed by atoms with Gasteiger partial charge in [0, 0.05) is 16.8 Å². The van der Waals surface area contributed by atoms with Crippen molar-refractivity contribution in [3.05, 3.63) is 29.8 Å². The van der Waals surface area contributed by atoms with Crippen LogP contribution < -0.4 is 10.6 Å². The molecule has 21 heavy (non-hydrogen) atoms. The van der Waals surface area contributed by atoms with Crippen molar-refractivity contribution in [1.29, 1.82) is 0 Å². The first-order valence-electron chi connectivity index (χ1n) is 6.89. The number of hydrogen-bond donors (Lipinski definition) is 2. The van der Waals surface area contributed by atoms with Crippen LogP contribution in [0.3, 0.4) is 0 Å². The standard InChI is InChI=1S/C16H24N2O3/c1-15(2,3)18-13(19)11-8-7-9-12(10-11)17-14(20)21-16(4,5)6/h7-10H,1-6H3,(H,17,20)(H,18,19). The van der Waals surface area contributed by atoms with Crippen LogP contribution in [0.4, 0.5) is 10.5 Å². The molecule has 5 nitrogen and oxygen atoms in total. The van der Waals surface area contributed by atoms with Crippen molar-refractivity contribution >= 4 is 17.7 Å². The zero-order valence-corrected chi connectivity index (χ0v) is 13.5. The lowest BCUT2D eigenvalue weighted by molar-refractivity contribution is 0.0635. The summed E-state index contributed by atoms with van der Waals surface area (Å²) in [5.74, 6) is -0.185. The molecule has 1 aromatic rings. The summed E-state index contributed by atoms with van der Waals surface area (Å²) >= 11 is 0. The molecule has 2 amide bonds. The minimum absolute atomic E-state index is 0.185. The molecule has 0 fully saturated rings. The normalized spacial score (nSPS) is 11.7. The van der Waals surface area contributed by atoms with E-state index in [0.29, 0.717) is 11.3 Å². The molecule has 0 spiro atoms. The Labute approximate surface area is 126 Å². The highest BCUT2D eigenvalue weighted by Gasteiger charge is 2.18. The molecule has 0 saturated heterocycles. The van der Waals surface area contributed by atoms with Gasteiger partial charge in [0.05, 0.1) is 0 Å². The first-order chi connectivity index (χ1) is 9.46. The van der Waals surface area contributed by atoms with Crippen molar-refractivity contribution in [3.63, 3.8) is 0 Å². The number of nitrogens with one attached hydrogen (secondary N) is 2. The van der Waals surface area contributed by atoms with Crippen molar-refractivity contribution < 1.29 is 14.3 Å². The number of anilines is 1. The van der Waals surface area contributed by atoms with Crippen molar-refractivity contribution in [2.24, 2.45) is 0 Å². The number of rotatable bonds is 2. The number of hydrogen-bond acceptors (Lipinski definition) is 3. The van der Waals surface area contributed by atoms with Gasteiger partial charge in [-0.15, -0.1) is 0 Å². The molecule has 0 atom stereocenters. The lowest BCUT2D eigenvalue weighted by atomic mass is 10.1. The molecule has 0 aromatic heterocycles. The lowest BCUT2D eigenvalue weighted by Gasteiger charge is -2.21. The van der Waals surface area contributed by atoms with Crippen LogP contribution in [0.2, 0.25) is 0 Å². The molecule has 0 aliphatic carbocycles. The van der Waals surface area contributed by atoms with Crippen LogP contribution in [0, 0.1) is 0 Å². The minimum atomic E-state index is -0.564. The van der Waals surface area contributed by atoms with Crippen LogP contribution in [0.5, 0.6) is 0 Å². The first-order valence-corrected chi connectivity index (χ1v) is 6.89. The van der Waals surface area contributed by atoms with Gasteiger partial charge in [-0.2, -0.15) is 0 Å². The summed E-state index contributed by atoms with van der Waals surface area (Å²) < 4.78 is 5.17. The van der Waals surface area contributed by atoms with Crippen molar-refractivity contribution in [2.45, 2.75) is 52.7 Å². The second-order valence-corrected chi connectivity index (χ2v) is 6.91. The number of carbonyl (C=O) groups excluding carboxylic acids is 2. The summed E-state index contributed by atoms with van der Waals surface area (Å²) in [6.07, 6.45) is -0.545. The van der Waals surface area contributed by atoms with E-state index >= 15 is 0 Å². The predicted molar refractivity (Wildman–Crippen MR) is 83.5 cm³/mol.